The quantitative estimate of drug-likeness (QED) is 0.699. The highest BCUT2D eigenvalue weighted by molar-refractivity contribution is 7.80. The SMILES string of the molecule is CCc1cc(C(C)C)cc(C(C)C)c1S. The molecule has 0 spiro atoms. The van der Waals surface area contributed by atoms with Gasteiger partial charge < -0.3 is 0 Å². The fraction of sp³-hybridized carbons (Fsp3) is 0.571. The van der Waals surface area contributed by atoms with Crippen molar-refractivity contribution in [3.63, 3.8) is 0 Å². The maximum atomic E-state index is 4.65. The number of rotatable bonds is 3. The average Bonchev–Trinajstić information content (AvgIpc) is 2.17. The van der Waals surface area contributed by atoms with Crippen LogP contribution in [-0.2, 0) is 6.42 Å². The van der Waals surface area contributed by atoms with E-state index < -0.39 is 0 Å². The van der Waals surface area contributed by atoms with Gasteiger partial charge in [-0.15, -0.1) is 12.6 Å². The molecule has 84 valence electrons. The lowest BCUT2D eigenvalue weighted by Crippen LogP contribution is -1.99. The third-order valence-electron chi connectivity index (χ3n) is 2.91. The van der Waals surface area contributed by atoms with Crippen molar-refractivity contribution in [2.24, 2.45) is 0 Å². The molecule has 0 fully saturated rings. The van der Waals surface area contributed by atoms with E-state index in [4.69, 9.17) is 0 Å². The largest absolute Gasteiger partial charge is 0.143 e. The minimum atomic E-state index is 0.557. The first kappa shape index (κ1) is 12.6. The van der Waals surface area contributed by atoms with Crippen LogP contribution in [0.15, 0.2) is 17.0 Å². The molecule has 0 unspecified atom stereocenters. The lowest BCUT2D eigenvalue weighted by Gasteiger charge is -2.17. The van der Waals surface area contributed by atoms with Gasteiger partial charge in [0.1, 0.15) is 0 Å². The topological polar surface area (TPSA) is 0 Å². The lowest BCUT2D eigenvalue weighted by atomic mass is 9.92. The van der Waals surface area contributed by atoms with Crippen molar-refractivity contribution in [2.75, 3.05) is 0 Å². The molecular formula is C14H22S. The highest BCUT2D eigenvalue weighted by Crippen LogP contribution is 2.30. The van der Waals surface area contributed by atoms with E-state index in [1.165, 1.54) is 21.6 Å². The number of aryl methyl sites for hydroxylation is 1. The van der Waals surface area contributed by atoms with Crippen molar-refractivity contribution in [1.82, 2.24) is 0 Å². The fourth-order valence-corrected chi connectivity index (χ4v) is 2.33. The molecule has 0 aliphatic rings. The molecule has 0 atom stereocenters. The highest BCUT2D eigenvalue weighted by atomic mass is 32.1. The Labute approximate surface area is 99.5 Å². The first-order chi connectivity index (χ1) is 6.97. The maximum Gasteiger partial charge on any atom is 0.0107 e. The minimum absolute atomic E-state index is 0.557. The molecule has 0 heterocycles. The molecule has 0 saturated carbocycles. The van der Waals surface area contributed by atoms with Crippen LogP contribution in [0.25, 0.3) is 0 Å². The van der Waals surface area contributed by atoms with Crippen molar-refractivity contribution >= 4 is 12.6 Å². The van der Waals surface area contributed by atoms with Crippen molar-refractivity contribution in [1.29, 1.82) is 0 Å². The molecule has 0 bridgehead atoms. The summed E-state index contributed by atoms with van der Waals surface area (Å²) in [6.45, 7) is 11.2. The summed E-state index contributed by atoms with van der Waals surface area (Å²) < 4.78 is 0. The number of thiol groups is 1. The van der Waals surface area contributed by atoms with Gasteiger partial charge in [0, 0.05) is 4.90 Å². The Morgan fingerprint density at radius 2 is 1.67 bits per heavy atom. The first-order valence-corrected chi connectivity index (χ1v) is 6.27. The van der Waals surface area contributed by atoms with Gasteiger partial charge in [0.15, 0.2) is 0 Å². The minimum Gasteiger partial charge on any atom is -0.143 e. The number of benzene rings is 1. The molecule has 0 nitrogen and oxygen atoms in total. The Hall–Kier alpha value is -0.430. The van der Waals surface area contributed by atoms with E-state index in [2.05, 4.69) is 59.4 Å². The van der Waals surface area contributed by atoms with Crippen LogP contribution < -0.4 is 0 Å². The molecule has 1 heteroatoms. The molecule has 0 saturated heterocycles. The predicted octanol–water partition coefficient (Wildman–Crippen LogP) is 4.78. The van der Waals surface area contributed by atoms with Crippen LogP contribution in [0.2, 0.25) is 0 Å². The smallest absolute Gasteiger partial charge is 0.0107 e. The summed E-state index contributed by atoms with van der Waals surface area (Å²) in [6, 6.07) is 4.62. The van der Waals surface area contributed by atoms with E-state index in [1.54, 1.807) is 0 Å². The van der Waals surface area contributed by atoms with Gasteiger partial charge in [-0.25, -0.2) is 0 Å². The molecule has 0 radical (unpaired) electrons. The lowest BCUT2D eigenvalue weighted by molar-refractivity contribution is 0.804. The van der Waals surface area contributed by atoms with Gasteiger partial charge in [-0.05, 0) is 34.9 Å². The molecule has 0 aliphatic carbocycles. The van der Waals surface area contributed by atoms with Crippen molar-refractivity contribution in [2.45, 2.75) is 57.8 Å². The number of hydrogen-bond donors (Lipinski definition) is 1. The van der Waals surface area contributed by atoms with Crippen LogP contribution in [0.3, 0.4) is 0 Å². The number of hydrogen-bond acceptors (Lipinski definition) is 1. The Balaban J connectivity index is 3.32. The highest BCUT2D eigenvalue weighted by Gasteiger charge is 2.11. The third-order valence-corrected chi connectivity index (χ3v) is 3.46. The Morgan fingerprint density at radius 3 is 2.07 bits per heavy atom. The molecule has 0 N–H and O–H groups in total. The van der Waals surface area contributed by atoms with E-state index in [0.717, 1.165) is 6.42 Å². The molecule has 1 aromatic rings. The second kappa shape index (κ2) is 5.07. The fourth-order valence-electron chi connectivity index (χ4n) is 1.79. The van der Waals surface area contributed by atoms with E-state index >= 15 is 0 Å². The standard InChI is InChI=1S/C14H22S/c1-6-11-7-12(9(2)3)8-13(10(4)5)14(11)15/h7-10,15H,6H2,1-5H3. The zero-order chi connectivity index (χ0) is 11.6. The Kier molecular flexibility index (Phi) is 4.27. The molecular weight excluding hydrogens is 200 g/mol. The summed E-state index contributed by atoms with van der Waals surface area (Å²) in [4.78, 5) is 1.19. The van der Waals surface area contributed by atoms with Crippen LogP contribution in [-0.4, -0.2) is 0 Å². The van der Waals surface area contributed by atoms with Crippen LogP contribution in [0.5, 0.6) is 0 Å². The first-order valence-electron chi connectivity index (χ1n) is 5.83. The third kappa shape index (κ3) is 2.78. The van der Waals surface area contributed by atoms with Gasteiger partial charge >= 0.3 is 0 Å². The monoisotopic (exact) mass is 222 g/mol. The van der Waals surface area contributed by atoms with E-state index in [-0.39, 0.29) is 0 Å². The molecule has 15 heavy (non-hydrogen) atoms. The molecule has 1 rings (SSSR count). The van der Waals surface area contributed by atoms with Gasteiger partial charge in [0.05, 0.1) is 0 Å². The van der Waals surface area contributed by atoms with E-state index in [0.29, 0.717) is 11.8 Å². The predicted molar refractivity (Wildman–Crippen MR) is 71.3 cm³/mol. The normalized spacial score (nSPS) is 11.5. The van der Waals surface area contributed by atoms with Crippen LogP contribution in [0.1, 0.15) is 63.1 Å². The van der Waals surface area contributed by atoms with E-state index in [1.807, 2.05) is 0 Å². The summed E-state index contributed by atoms with van der Waals surface area (Å²) in [5.74, 6) is 1.16. The van der Waals surface area contributed by atoms with E-state index in [9.17, 15) is 0 Å². The Bertz CT molecular complexity index is 337. The molecule has 0 aromatic heterocycles. The second-order valence-electron chi connectivity index (χ2n) is 4.78. The van der Waals surface area contributed by atoms with Gasteiger partial charge in [-0.1, -0.05) is 46.8 Å². The van der Waals surface area contributed by atoms with Crippen LogP contribution >= 0.6 is 12.6 Å². The second-order valence-corrected chi connectivity index (χ2v) is 5.23. The maximum absolute atomic E-state index is 4.65. The van der Waals surface area contributed by atoms with Gasteiger partial charge in [0.2, 0.25) is 0 Å². The zero-order valence-corrected chi connectivity index (χ0v) is 11.4. The van der Waals surface area contributed by atoms with Crippen molar-refractivity contribution < 1.29 is 0 Å². The molecule has 1 aromatic carbocycles. The van der Waals surface area contributed by atoms with Crippen LogP contribution in [0, 0.1) is 0 Å². The molecule has 0 aliphatic heterocycles. The average molecular weight is 222 g/mol. The summed E-state index contributed by atoms with van der Waals surface area (Å²) >= 11 is 4.65. The van der Waals surface area contributed by atoms with Gasteiger partial charge in [-0.3, -0.25) is 0 Å². The summed E-state index contributed by atoms with van der Waals surface area (Å²) in [7, 11) is 0. The van der Waals surface area contributed by atoms with Crippen LogP contribution in [0.4, 0.5) is 0 Å². The van der Waals surface area contributed by atoms with Gasteiger partial charge in [0.25, 0.3) is 0 Å². The zero-order valence-electron chi connectivity index (χ0n) is 10.5. The summed E-state index contributed by atoms with van der Waals surface area (Å²) in [6.07, 6.45) is 1.07. The Morgan fingerprint density at radius 1 is 1.07 bits per heavy atom. The van der Waals surface area contributed by atoms with Crippen molar-refractivity contribution in [3.05, 3.63) is 28.8 Å². The van der Waals surface area contributed by atoms with Crippen molar-refractivity contribution in [3.8, 4) is 0 Å². The van der Waals surface area contributed by atoms with Gasteiger partial charge in [-0.2, -0.15) is 0 Å². The summed E-state index contributed by atoms with van der Waals surface area (Å²) in [5.41, 5.74) is 4.21. The summed E-state index contributed by atoms with van der Waals surface area (Å²) in [5, 5.41) is 0. The molecule has 0 amide bonds.